The van der Waals surface area contributed by atoms with E-state index in [1.54, 1.807) is 18.2 Å². The first-order valence-electron chi connectivity index (χ1n) is 8.20. The second-order valence-electron chi connectivity index (χ2n) is 6.40. The average molecular weight is 359 g/mol. The SMILES string of the molecule is CCc1ccc([C@H]2[C@@H](S(=O)(=O)c3ccccc3)[C@@]2(CN)C(=O)O)cc1. The molecule has 0 bridgehead atoms. The molecule has 2 aromatic rings. The Morgan fingerprint density at radius 2 is 1.72 bits per heavy atom. The van der Waals surface area contributed by atoms with Crippen LogP contribution in [-0.2, 0) is 21.1 Å². The van der Waals surface area contributed by atoms with Gasteiger partial charge in [-0.2, -0.15) is 0 Å². The van der Waals surface area contributed by atoms with E-state index in [1.807, 2.05) is 31.2 Å². The lowest BCUT2D eigenvalue weighted by molar-refractivity contribution is -0.143. The molecule has 0 saturated heterocycles. The molecule has 0 spiro atoms. The number of rotatable bonds is 6. The highest BCUT2D eigenvalue weighted by Gasteiger charge is 2.75. The third-order valence-electron chi connectivity index (χ3n) is 5.15. The predicted octanol–water partition coefficient (Wildman–Crippen LogP) is 2.22. The summed E-state index contributed by atoms with van der Waals surface area (Å²) in [6.45, 7) is 1.80. The van der Waals surface area contributed by atoms with Gasteiger partial charge in [-0.25, -0.2) is 8.42 Å². The quantitative estimate of drug-likeness (QED) is 0.824. The van der Waals surface area contributed by atoms with Crippen LogP contribution in [0.4, 0.5) is 0 Å². The van der Waals surface area contributed by atoms with Gasteiger partial charge in [0.2, 0.25) is 0 Å². The zero-order valence-electron chi connectivity index (χ0n) is 13.9. The largest absolute Gasteiger partial charge is 0.481 e. The molecule has 132 valence electrons. The lowest BCUT2D eigenvalue weighted by Gasteiger charge is -2.10. The van der Waals surface area contributed by atoms with Crippen LogP contribution in [0.2, 0.25) is 0 Å². The average Bonchev–Trinajstić information content (AvgIpc) is 3.34. The van der Waals surface area contributed by atoms with Crippen molar-refractivity contribution in [2.75, 3.05) is 6.54 Å². The summed E-state index contributed by atoms with van der Waals surface area (Å²) in [6, 6.07) is 15.4. The van der Waals surface area contributed by atoms with Crippen molar-refractivity contribution >= 4 is 15.8 Å². The van der Waals surface area contributed by atoms with Crippen molar-refractivity contribution < 1.29 is 18.3 Å². The standard InChI is InChI=1S/C19H21NO4S/c1-2-13-8-10-14(11-9-13)16-17(19(16,12-20)18(21)22)25(23,24)15-6-4-3-5-7-15/h3-11,16-17H,2,12,20H2,1H3,(H,21,22)/t16-,17+,19-/m0/s1. The Hall–Kier alpha value is -2.18. The van der Waals surface area contributed by atoms with Gasteiger partial charge in [-0.05, 0) is 29.7 Å². The molecular weight excluding hydrogens is 338 g/mol. The Labute approximate surface area is 147 Å². The first-order chi connectivity index (χ1) is 11.9. The molecular formula is C19H21NO4S. The third-order valence-corrected chi connectivity index (χ3v) is 7.44. The van der Waals surface area contributed by atoms with Crippen LogP contribution in [0, 0.1) is 5.41 Å². The first kappa shape index (κ1) is 17.6. The number of hydrogen-bond donors (Lipinski definition) is 2. The number of aliphatic carboxylic acids is 1. The fraction of sp³-hybridized carbons (Fsp3) is 0.316. The van der Waals surface area contributed by atoms with Crippen molar-refractivity contribution in [3.63, 3.8) is 0 Å². The topological polar surface area (TPSA) is 97.5 Å². The normalized spacial score (nSPS) is 25.5. The van der Waals surface area contributed by atoms with E-state index in [4.69, 9.17) is 5.73 Å². The molecule has 3 rings (SSSR count). The fourth-order valence-electron chi connectivity index (χ4n) is 3.64. The molecule has 0 heterocycles. The maximum atomic E-state index is 13.1. The molecule has 3 atom stereocenters. The molecule has 2 aromatic carbocycles. The summed E-state index contributed by atoms with van der Waals surface area (Å²) in [7, 11) is -3.80. The van der Waals surface area contributed by atoms with Crippen LogP contribution in [0.5, 0.6) is 0 Å². The van der Waals surface area contributed by atoms with Crippen LogP contribution in [-0.4, -0.2) is 31.3 Å². The van der Waals surface area contributed by atoms with E-state index in [9.17, 15) is 18.3 Å². The van der Waals surface area contributed by atoms with E-state index in [2.05, 4.69) is 0 Å². The number of nitrogens with two attached hydrogens (primary N) is 1. The fourth-order valence-corrected chi connectivity index (χ4v) is 6.04. The molecule has 0 unspecified atom stereocenters. The van der Waals surface area contributed by atoms with Crippen LogP contribution >= 0.6 is 0 Å². The van der Waals surface area contributed by atoms with Crippen molar-refractivity contribution in [1.29, 1.82) is 0 Å². The second kappa shape index (κ2) is 6.28. The number of sulfone groups is 1. The summed E-state index contributed by atoms with van der Waals surface area (Å²) in [4.78, 5) is 12.1. The predicted molar refractivity (Wildman–Crippen MR) is 95.1 cm³/mol. The molecule has 0 amide bonds. The monoisotopic (exact) mass is 359 g/mol. The van der Waals surface area contributed by atoms with Gasteiger partial charge in [0.1, 0.15) is 5.41 Å². The van der Waals surface area contributed by atoms with E-state index in [-0.39, 0.29) is 11.4 Å². The molecule has 1 fully saturated rings. The molecule has 25 heavy (non-hydrogen) atoms. The van der Waals surface area contributed by atoms with Gasteiger partial charge < -0.3 is 10.8 Å². The molecule has 6 heteroatoms. The number of carboxylic acids is 1. The maximum absolute atomic E-state index is 13.1. The number of carboxylic acid groups (broad SMARTS) is 1. The van der Waals surface area contributed by atoms with E-state index in [1.165, 1.54) is 12.1 Å². The highest BCUT2D eigenvalue weighted by molar-refractivity contribution is 7.92. The summed E-state index contributed by atoms with van der Waals surface area (Å²) in [5.41, 5.74) is 6.10. The minimum Gasteiger partial charge on any atom is -0.481 e. The summed E-state index contributed by atoms with van der Waals surface area (Å²) >= 11 is 0. The van der Waals surface area contributed by atoms with Gasteiger partial charge in [-0.1, -0.05) is 49.4 Å². The van der Waals surface area contributed by atoms with Crippen molar-refractivity contribution in [2.24, 2.45) is 11.1 Å². The third kappa shape index (κ3) is 2.65. The van der Waals surface area contributed by atoms with E-state index in [0.717, 1.165) is 12.0 Å². The molecule has 1 aliphatic rings. The molecule has 1 aliphatic carbocycles. The molecule has 0 aromatic heterocycles. The van der Waals surface area contributed by atoms with Gasteiger partial charge in [0.05, 0.1) is 10.1 Å². The molecule has 5 nitrogen and oxygen atoms in total. The number of carbonyl (C=O) groups is 1. The van der Waals surface area contributed by atoms with E-state index >= 15 is 0 Å². The summed E-state index contributed by atoms with van der Waals surface area (Å²) < 4.78 is 26.1. The lowest BCUT2D eigenvalue weighted by Crippen LogP contribution is -2.31. The first-order valence-corrected chi connectivity index (χ1v) is 9.75. The maximum Gasteiger partial charge on any atom is 0.312 e. The van der Waals surface area contributed by atoms with Gasteiger partial charge in [0.25, 0.3) is 0 Å². The van der Waals surface area contributed by atoms with Crippen LogP contribution in [0.3, 0.4) is 0 Å². The Bertz CT molecular complexity index is 877. The van der Waals surface area contributed by atoms with Crippen molar-refractivity contribution in [3.8, 4) is 0 Å². The molecule has 1 saturated carbocycles. The number of hydrogen-bond acceptors (Lipinski definition) is 4. The summed E-state index contributed by atoms with van der Waals surface area (Å²) in [5.74, 6) is -1.81. The van der Waals surface area contributed by atoms with Gasteiger partial charge in [-0.15, -0.1) is 0 Å². The van der Waals surface area contributed by atoms with Crippen LogP contribution < -0.4 is 5.73 Å². The number of benzene rings is 2. The highest BCUT2D eigenvalue weighted by atomic mass is 32.2. The van der Waals surface area contributed by atoms with Crippen LogP contribution in [0.15, 0.2) is 59.5 Å². The van der Waals surface area contributed by atoms with Gasteiger partial charge in [-0.3, -0.25) is 4.79 Å². The molecule has 0 radical (unpaired) electrons. The Morgan fingerprint density at radius 1 is 1.12 bits per heavy atom. The van der Waals surface area contributed by atoms with Crippen molar-refractivity contribution in [3.05, 3.63) is 65.7 Å². The second-order valence-corrected chi connectivity index (χ2v) is 8.47. The summed E-state index contributed by atoms with van der Waals surface area (Å²) in [6.07, 6.45) is 0.859. The minimum absolute atomic E-state index is 0.131. The Kier molecular flexibility index (Phi) is 4.43. The van der Waals surface area contributed by atoms with Gasteiger partial charge in [0.15, 0.2) is 9.84 Å². The van der Waals surface area contributed by atoms with Crippen molar-refractivity contribution in [2.45, 2.75) is 29.4 Å². The zero-order valence-corrected chi connectivity index (χ0v) is 14.7. The van der Waals surface area contributed by atoms with Gasteiger partial charge in [0, 0.05) is 12.5 Å². The Morgan fingerprint density at radius 3 is 2.20 bits per heavy atom. The molecule has 0 aliphatic heterocycles. The summed E-state index contributed by atoms with van der Waals surface area (Å²) in [5, 5.41) is 8.71. The van der Waals surface area contributed by atoms with Crippen LogP contribution in [0.25, 0.3) is 0 Å². The lowest BCUT2D eigenvalue weighted by atomic mass is 9.98. The Balaban J connectivity index is 2.08. The highest BCUT2D eigenvalue weighted by Crippen LogP contribution is 2.63. The van der Waals surface area contributed by atoms with Crippen molar-refractivity contribution in [1.82, 2.24) is 0 Å². The van der Waals surface area contributed by atoms with E-state index in [0.29, 0.717) is 5.56 Å². The van der Waals surface area contributed by atoms with E-state index < -0.39 is 32.4 Å². The zero-order chi connectivity index (χ0) is 18.2. The number of aryl methyl sites for hydroxylation is 1. The van der Waals surface area contributed by atoms with Crippen LogP contribution in [0.1, 0.15) is 24.0 Å². The molecule has 3 N–H and O–H groups in total. The van der Waals surface area contributed by atoms with Gasteiger partial charge >= 0.3 is 5.97 Å². The minimum atomic E-state index is -3.80. The smallest absolute Gasteiger partial charge is 0.312 e.